The first-order chi connectivity index (χ1) is 13.5. The van der Waals surface area contributed by atoms with Gasteiger partial charge >= 0.3 is 12.0 Å². The predicted octanol–water partition coefficient (Wildman–Crippen LogP) is 2.92. The van der Waals surface area contributed by atoms with Gasteiger partial charge in [-0.1, -0.05) is 48.0 Å². The van der Waals surface area contributed by atoms with Crippen LogP contribution in [0.3, 0.4) is 0 Å². The number of ether oxygens (including phenoxy) is 2. The second-order valence-corrected chi connectivity index (χ2v) is 6.66. The maximum Gasteiger partial charge on any atom is 0.344 e. The molecule has 0 saturated heterocycles. The van der Waals surface area contributed by atoms with Crippen LogP contribution >= 0.6 is 11.6 Å². The lowest BCUT2D eigenvalue weighted by atomic mass is 10.1. The monoisotopic (exact) mass is 402 g/mol. The zero-order valence-corrected chi connectivity index (χ0v) is 15.7. The number of esters is 1. The van der Waals surface area contributed by atoms with Crippen LogP contribution < -0.4 is 15.4 Å². The van der Waals surface area contributed by atoms with Gasteiger partial charge in [0.2, 0.25) is 0 Å². The molecule has 2 aromatic carbocycles. The minimum Gasteiger partial charge on any atom is -0.480 e. The fourth-order valence-electron chi connectivity index (χ4n) is 2.36. The standard InChI is InChI=1S/C20H19ClN2O5/c21-16-10-14(13-4-2-1-3-5-13)6-9-17(16)27-12-19(25)28-11-18(24)23-20(26)22-15-7-8-15/h1-6,9-10,15H,7-8,11-12H2,(H2,22,23,24,26). The zero-order chi connectivity index (χ0) is 19.9. The Hall–Kier alpha value is -3.06. The summed E-state index contributed by atoms with van der Waals surface area (Å²) in [5.74, 6) is -1.13. The van der Waals surface area contributed by atoms with Gasteiger partial charge in [-0.3, -0.25) is 10.1 Å². The molecule has 0 aromatic heterocycles. The number of benzene rings is 2. The molecule has 0 aliphatic heterocycles. The molecule has 7 nitrogen and oxygen atoms in total. The topological polar surface area (TPSA) is 93.7 Å². The Labute approximate surface area is 167 Å². The molecule has 2 aromatic rings. The molecule has 3 rings (SSSR count). The zero-order valence-electron chi connectivity index (χ0n) is 14.9. The third kappa shape index (κ3) is 5.99. The second kappa shape index (κ2) is 9.23. The molecule has 0 unspecified atom stereocenters. The number of amides is 3. The highest BCUT2D eigenvalue weighted by atomic mass is 35.5. The number of halogens is 1. The van der Waals surface area contributed by atoms with Gasteiger partial charge in [-0.05, 0) is 36.1 Å². The van der Waals surface area contributed by atoms with Gasteiger partial charge in [0.05, 0.1) is 5.02 Å². The first-order valence-electron chi connectivity index (χ1n) is 8.75. The summed E-state index contributed by atoms with van der Waals surface area (Å²) in [5, 5.41) is 5.02. The van der Waals surface area contributed by atoms with Crippen molar-refractivity contribution in [3.63, 3.8) is 0 Å². The lowest BCUT2D eigenvalue weighted by molar-refractivity contribution is -0.150. The highest BCUT2D eigenvalue weighted by molar-refractivity contribution is 6.32. The summed E-state index contributed by atoms with van der Waals surface area (Å²) in [7, 11) is 0. The van der Waals surface area contributed by atoms with Crippen LogP contribution in [0.25, 0.3) is 11.1 Å². The minimum absolute atomic E-state index is 0.127. The van der Waals surface area contributed by atoms with E-state index in [0.717, 1.165) is 24.0 Å². The van der Waals surface area contributed by atoms with E-state index in [-0.39, 0.29) is 6.04 Å². The molecule has 0 spiro atoms. The molecular formula is C20H19ClN2O5. The van der Waals surface area contributed by atoms with Crippen LogP contribution in [-0.4, -0.2) is 37.2 Å². The number of carbonyl (C=O) groups is 3. The van der Waals surface area contributed by atoms with Crippen molar-refractivity contribution in [2.45, 2.75) is 18.9 Å². The Kier molecular flexibility index (Phi) is 6.49. The normalized spacial score (nSPS) is 12.8. The largest absolute Gasteiger partial charge is 0.480 e. The quantitative estimate of drug-likeness (QED) is 0.694. The number of urea groups is 1. The van der Waals surface area contributed by atoms with Crippen molar-refractivity contribution in [2.75, 3.05) is 13.2 Å². The summed E-state index contributed by atoms with van der Waals surface area (Å²) in [5.41, 5.74) is 1.92. The lowest BCUT2D eigenvalue weighted by Crippen LogP contribution is -2.42. The number of carbonyl (C=O) groups excluding carboxylic acids is 3. The molecule has 8 heteroatoms. The van der Waals surface area contributed by atoms with Crippen LogP contribution in [0.1, 0.15) is 12.8 Å². The Morgan fingerprint density at radius 3 is 2.43 bits per heavy atom. The van der Waals surface area contributed by atoms with Crippen LogP contribution in [0.5, 0.6) is 5.75 Å². The van der Waals surface area contributed by atoms with E-state index < -0.39 is 31.1 Å². The van der Waals surface area contributed by atoms with Crippen molar-refractivity contribution >= 4 is 29.5 Å². The van der Waals surface area contributed by atoms with Gasteiger partial charge in [0.25, 0.3) is 5.91 Å². The van der Waals surface area contributed by atoms with E-state index in [1.54, 1.807) is 12.1 Å². The summed E-state index contributed by atoms with van der Waals surface area (Å²) >= 11 is 6.21. The van der Waals surface area contributed by atoms with Crippen LogP contribution in [0.15, 0.2) is 48.5 Å². The average Bonchev–Trinajstić information content (AvgIpc) is 3.49. The number of rotatable bonds is 7. The van der Waals surface area contributed by atoms with Crippen molar-refractivity contribution in [1.29, 1.82) is 0 Å². The number of hydrogen-bond donors (Lipinski definition) is 2. The van der Waals surface area contributed by atoms with Crippen molar-refractivity contribution < 1.29 is 23.9 Å². The summed E-state index contributed by atoms with van der Waals surface area (Å²) in [6, 6.07) is 14.5. The highest BCUT2D eigenvalue weighted by Gasteiger charge is 2.24. The van der Waals surface area contributed by atoms with E-state index in [2.05, 4.69) is 10.6 Å². The Morgan fingerprint density at radius 1 is 1.00 bits per heavy atom. The Morgan fingerprint density at radius 2 is 1.75 bits per heavy atom. The maximum absolute atomic E-state index is 11.7. The summed E-state index contributed by atoms with van der Waals surface area (Å²) < 4.78 is 10.1. The number of hydrogen-bond acceptors (Lipinski definition) is 5. The molecule has 0 atom stereocenters. The van der Waals surface area contributed by atoms with Crippen molar-refractivity contribution in [3.05, 3.63) is 53.6 Å². The smallest absolute Gasteiger partial charge is 0.344 e. The molecule has 0 heterocycles. The van der Waals surface area contributed by atoms with Gasteiger partial charge in [0.1, 0.15) is 5.75 Å². The molecular weight excluding hydrogens is 384 g/mol. The van der Waals surface area contributed by atoms with Gasteiger partial charge in [0.15, 0.2) is 13.2 Å². The SMILES string of the molecule is O=C(COC(=O)COc1ccc(-c2ccccc2)cc1Cl)NC(=O)NC1CC1. The van der Waals surface area contributed by atoms with E-state index in [0.29, 0.717) is 10.8 Å². The molecule has 28 heavy (non-hydrogen) atoms. The molecule has 146 valence electrons. The fourth-order valence-corrected chi connectivity index (χ4v) is 2.60. The Bertz CT molecular complexity index is 868. The van der Waals surface area contributed by atoms with E-state index in [4.69, 9.17) is 21.1 Å². The maximum atomic E-state index is 11.7. The molecule has 1 saturated carbocycles. The molecule has 2 N–H and O–H groups in total. The molecule has 1 aliphatic rings. The fraction of sp³-hybridized carbons (Fsp3) is 0.250. The van der Waals surface area contributed by atoms with Gasteiger partial charge in [-0.15, -0.1) is 0 Å². The van der Waals surface area contributed by atoms with Gasteiger partial charge in [0, 0.05) is 6.04 Å². The summed E-state index contributed by atoms with van der Waals surface area (Å²) in [6.45, 7) is -0.979. The van der Waals surface area contributed by atoms with Crippen LogP contribution in [0.2, 0.25) is 5.02 Å². The predicted molar refractivity (Wildman–Crippen MR) is 103 cm³/mol. The van der Waals surface area contributed by atoms with E-state index >= 15 is 0 Å². The van der Waals surface area contributed by atoms with E-state index in [9.17, 15) is 14.4 Å². The molecule has 3 amide bonds. The van der Waals surface area contributed by atoms with Gasteiger partial charge in [-0.25, -0.2) is 9.59 Å². The Balaban J connectivity index is 1.42. The van der Waals surface area contributed by atoms with Crippen molar-refractivity contribution in [2.24, 2.45) is 0 Å². The molecule has 0 radical (unpaired) electrons. The second-order valence-electron chi connectivity index (χ2n) is 6.26. The lowest BCUT2D eigenvalue weighted by Gasteiger charge is -2.10. The van der Waals surface area contributed by atoms with Crippen LogP contribution in [0.4, 0.5) is 4.79 Å². The third-order valence-electron chi connectivity index (χ3n) is 3.91. The molecule has 1 aliphatic carbocycles. The first-order valence-corrected chi connectivity index (χ1v) is 9.13. The number of nitrogens with one attached hydrogen (secondary N) is 2. The van der Waals surface area contributed by atoms with E-state index in [1.165, 1.54) is 0 Å². The highest BCUT2D eigenvalue weighted by Crippen LogP contribution is 2.30. The van der Waals surface area contributed by atoms with Crippen molar-refractivity contribution in [1.82, 2.24) is 10.6 Å². The van der Waals surface area contributed by atoms with Crippen molar-refractivity contribution in [3.8, 4) is 16.9 Å². The molecule has 1 fully saturated rings. The van der Waals surface area contributed by atoms with Crippen LogP contribution in [-0.2, 0) is 14.3 Å². The summed E-state index contributed by atoms with van der Waals surface area (Å²) in [4.78, 5) is 34.7. The third-order valence-corrected chi connectivity index (χ3v) is 4.21. The van der Waals surface area contributed by atoms with Gasteiger partial charge < -0.3 is 14.8 Å². The minimum atomic E-state index is -0.749. The first kappa shape index (κ1) is 19.7. The average molecular weight is 403 g/mol. The summed E-state index contributed by atoms with van der Waals surface area (Å²) in [6.07, 6.45) is 1.81. The van der Waals surface area contributed by atoms with E-state index in [1.807, 2.05) is 36.4 Å². The molecule has 0 bridgehead atoms. The number of imide groups is 1. The van der Waals surface area contributed by atoms with Crippen LogP contribution in [0, 0.1) is 0 Å². The van der Waals surface area contributed by atoms with Gasteiger partial charge in [-0.2, -0.15) is 0 Å².